The van der Waals surface area contributed by atoms with Gasteiger partial charge < -0.3 is 24.4 Å². The number of hydrogen-bond acceptors (Lipinski definition) is 7. The number of nitrogens with zero attached hydrogens (tertiary/aromatic N) is 3. The summed E-state index contributed by atoms with van der Waals surface area (Å²) in [5.74, 6) is 1.75. The minimum absolute atomic E-state index is 0.236. The summed E-state index contributed by atoms with van der Waals surface area (Å²) in [6, 6.07) is 6.64. The fourth-order valence-corrected chi connectivity index (χ4v) is 4.76. The zero-order chi connectivity index (χ0) is 26.5. The van der Waals surface area contributed by atoms with Crippen molar-refractivity contribution in [3.8, 4) is 17.2 Å². The van der Waals surface area contributed by atoms with Gasteiger partial charge in [-0.25, -0.2) is 9.37 Å². The summed E-state index contributed by atoms with van der Waals surface area (Å²) in [6.45, 7) is 8.31. The number of aromatic nitrogens is 2. The van der Waals surface area contributed by atoms with Gasteiger partial charge in [-0.2, -0.15) is 0 Å². The molecular formula is C28H35FN4O4. The molecule has 8 nitrogen and oxygen atoms in total. The van der Waals surface area contributed by atoms with Gasteiger partial charge in [-0.3, -0.25) is 9.36 Å². The number of allylic oxidation sites excluding steroid dienone is 1. The molecule has 0 fully saturated rings. The molecule has 1 aromatic heterocycles. The van der Waals surface area contributed by atoms with Crippen molar-refractivity contribution in [3.63, 3.8) is 0 Å². The Morgan fingerprint density at radius 3 is 2.41 bits per heavy atom. The molecule has 0 spiro atoms. The first-order valence-corrected chi connectivity index (χ1v) is 12.6. The lowest BCUT2D eigenvalue weighted by atomic mass is 10.1. The molecule has 37 heavy (non-hydrogen) atoms. The zero-order valence-corrected chi connectivity index (χ0v) is 22.2. The molecule has 0 saturated heterocycles. The first kappa shape index (κ1) is 26.5. The third kappa shape index (κ3) is 5.41. The average molecular weight is 511 g/mol. The minimum atomic E-state index is -0.444. The van der Waals surface area contributed by atoms with E-state index in [1.54, 1.807) is 32.0 Å². The highest BCUT2D eigenvalue weighted by atomic mass is 19.1. The fraction of sp³-hybridized carbons (Fsp3) is 0.429. The van der Waals surface area contributed by atoms with E-state index in [-0.39, 0.29) is 10.9 Å². The summed E-state index contributed by atoms with van der Waals surface area (Å²) in [6.07, 6.45) is 3.49. The maximum Gasteiger partial charge on any atom is 0.261 e. The number of nitrogens with one attached hydrogen (secondary N) is 1. The average Bonchev–Trinajstić information content (AvgIpc) is 3.31. The lowest BCUT2D eigenvalue weighted by Crippen LogP contribution is -2.25. The Labute approximate surface area is 216 Å². The van der Waals surface area contributed by atoms with Crippen molar-refractivity contribution in [1.82, 2.24) is 14.5 Å². The molecule has 0 unspecified atom stereocenters. The van der Waals surface area contributed by atoms with Gasteiger partial charge in [0.15, 0.2) is 11.5 Å². The molecule has 0 radical (unpaired) electrons. The van der Waals surface area contributed by atoms with Crippen LogP contribution in [0.25, 0.3) is 22.6 Å². The van der Waals surface area contributed by atoms with E-state index in [1.807, 2.05) is 18.2 Å². The van der Waals surface area contributed by atoms with Crippen molar-refractivity contribution in [2.24, 2.45) is 0 Å². The molecule has 9 heteroatoms. The topological polar surface area (TPSA) is 77.9 Å². The van der Waals surface area contributed by atoms with Gasteiger partial charge in [-0.1, -0.05) is 13.8 Å². The number of ether oxygens (including phenoxy) is 3. The van der Waals surface area contributed by atoms with Crippen LogP contribution in [0.4, 0.5) is 10.1 Å². The number of anilines is 1. The van der Waals surface area contributed by atoms with Crippen LogP contribution in [-0.2, 0) is 6.54 Å². The monoisotopic (exact) mass is 510 g/mol. The molecule has 2 heterocycles. The second-order valence-corrected chi connectivity index (χ2v) is 8.93. The Hall–Kier alpha value is -3.59. The SMILES string of the molecule is CCN(CC)CCCNc1cc2nc3n(c(=O)c2cc1F)CC/C3=C\c1cc(OC)c(OC)c(OC)c1. The summed E-state index contributed by atoms with van der Waals surface area (Å²) in [5, 5.41) is 3.46. The largest absolute Gasteiger partial charge is 0.493 e. The van der Waals surface area contributed by atoms with E-state index in [0.29, 0.717) is 53.8 Å². The molecule has 0 atom stereocenters. The van der Waals surface area contributed by atoms with Crippen molar-refractivity contribution >= 4 is 28.2 Å². The third-order valence-corrected chi connectivity index (χ3v) is 6.82. The number of hydrogen-bond donors (Lipinski definition) is 1. The van der Waals surface area contributed by atoms with Gasteiger partial charge in [0.05, 0.1) is 37.9 Å². The van der Waals surface area contributed by atoms with Crippen LogP contribution in [-0.4, -0.2) is 62.0 Å². The number of benzene rings is 2. The van der Waals surface area contributed by atoms with Crippen LogP contribution in [0.1, 0.15) is 38.1 Å². The Balaban J connectivity index is 1.66. The lowest BCUT2D eigenvalue weighted by molar-refractivity contribution is 0.303. The summed E-state index contributed by atoms with van der Waals surface area (Å²) >= 11 is 0. The Kier molecular flexibility index (Phi) is 8.33. The Morgan fingerprint density at radius 2 is 1.78 bits per heavy atom. The smallest absolute Gasteiger partial charge is 0.261 e. The molecule has 4 rings (SSSR count). The van der Waals surface area contributed by atoms with Gasteiger partial charge in [-0.15, -0.1) is 0 Å². The van der Waals surface area contributed by atoms with Gasteiger partial charge in [0.25, 0.3) is 5.56 Å². The molecule has 2 aromatic carbocycles. The summed E-state index contributed by atoms with van der Waals surface area (Å²) in [5.41, 5.74) is 2.34. The maximum atomic E-state index is 14.8. The number of fused-ring (bicyclic) bond motifs is 2. The molecule has 1 aliphatic heterocycles. The predicted octanol–water partition coefficient (Wildman–Crippen LogP) is 4.65. The van der Waals surface area contributed by atoms with Crippen LogP contribution in [0.5, 0.6) is 17.2 Å². The van der Waals surface area contributed by atoms with Gasteiger partial charge in [0.1, 0.15) is 11.6 Å². The van der Waals surface area contributed by atoms with E-state index in [9.17, 15) is 9.18 Å². The Morgan fingerprint density at radius 1 is 1.08 bits per heavy atom. The first-order chi connectivity index (χ1) is 17.9. The van der Waals surface area contributed by atoms with Crippen LogP contribution < -0.4 is 25.1 Å². The molecule has 0 bridgehead atoms. The maximum absolute atomic E-state index is 14.8. The van der Waals surface area contributed by atoms with E-state index in [1.165, 1.54) is 6.07 Å². The summed E-state index contributed by atoms with van der Waals surface area (Å²) < 4.78 is 32.8. The second kappa shape index (κ2) is 11.6. The van der Waals surface area contributed by atoms with E-state index in [2.05, 4.69) is 24.1 Å². The Bertz CT molecular complexity index is 1340. The van der Waals surface area contributed by atoms with Gasteiger partial charge in [0.2, 0.25) is 5.75 Å². The van der Waals surface area contributed by atoms with E-state index in [4.69, 9.17) is 19.2 Å². The van der Waals surface area contributed by atoms with Crippen molar-refractivity contribution < 1.29 is 18.6 Å². The number of halogens is 1. The van der Waals surface area contributed by atoms with E-state index < -0.39 is 5.82 Å². The summed E-state index contributed by atoms with van der Waals surface area (Å²) in [4.78, 5) is 20.3. The van der Waals surface area contributed by atoms with Gasteiger partial charge in [-0.05, 0) is 74.0 Å². The normalized spacial score (nSPS) is 13.9. The second-order valence-electron chi connectivity index (χ2n) is 8.93. The van der Waals surface area contributed by atoms with Gasteiger partial charge in [0, 0.05) is 13.1 Å². The molecule has 3 aromatic rings. The molecule has 1 aliphatic rings. The molecule has 0 amide bonds. The molecule has 0 saturated carbocycles. The molecule has 198 valence electrons. The van der Waals surface area contributed by atoms with Crippen LogP contribution >= 0.6 is 0 Å². The fourth-order valence-electron chi connectivity index (χ4n) is 4.76. The van der Waals surface area contributed by atoms with E-state index >= 15 is 0 Å². The quantitative estimate of drug-likeness (QED) is 0.376. The lowest BCUT2D eigenvalue weighted by Gasteiger charge is -2.18. The summed E-state index contributed by atoms with van der Waals surface area (Å²) in [7, 11) is 4.70. The highest BCUT2D eigenvalue weighted by Crippen LogP contribution is 2.39. The molecule has 1 N–H and O–H groups in total. The zero-order valence-electron chi connectivity index (χ0n) is 22.2. The van der Waals surface area contributed by atoms with Crippen LogP contribution in [0.15, 0.2) is 29.1 Å². The van der Waals surface area contributed by atoms with Crippen molar-refractivity contribution in [3.05, 3.63) is 51.8 Å². The number of rotatable bonds is 11. The number of methoxy groups -OCH3 is 3. The highest BCUT2D eigenvalue weighted by molar-refractivity contribution is 5.87. The molecular weight excluding hydrogens is 475 g/mol. The first-order valence-electron chi connectivity index (χ1n) is 12.6. The van der Waals surface area contributed by atoms with Gasteiger partial charge >= 0.3 is 0 Å². The van der Waals surface area contributed by atoms with Crippen molar-refractivity contribution in [1.29, 1.82) is 0 Å². The van der Waals surface area contributed by atoms with Crippen LogP contribution in [0.3, 0.4) is 0 Å². The van der Waals surface area contributed by atoms with Crippen molar-refractivity contribution in [2.75, 3.05) is 52.8 Å². The van der Waals surface area contributed by atoms with Crippen molar-refractivity contribution in [2.45, 2.75) is 33.2 Å². The predicted molar refractivity (Wildman–Crippen MR) is 145 cm³/mol. The molecule has 0 aliphatic carbocycles. The van der Waals surface area contributed by atoms with Crippen LogP contribution in [0.2, 0.25) is 0 Å². The van der Waals surface area contributed by atoms with Crippen LogP contribution in [0, 0.1) is 5.82 Å². The van der Waals surface area contributed by atoms with E-state index in [0.717, 1.165) is 37.2 Å². The minimum Gasteiger partial charge on any atom is -0.493 e. The highest BCUT2D eigenvalue weighted by Gasteiger charge is 2.22. The standard InChI is InChI=1S/C28H35FN4O4/c1-6-32(7-2)11-8-10-30-23-17-22-20(16-21(23)29)28(34)33-12-9-19(27(33)31-22)13-18-14-24(35-3)26(37-5)25(15-18)36-4/h13-17,30H,6-12H2,1-5H3/b19-13+. The third-order valence-electron chi connectivity index (χ3n) is 6.82.